The molecule has 2 rings (SSSR count). The van der Waals surface area contributed by atoms with Crippen LogP contribution in [0.4, 0.5) is 0 Å². The number of allylic oxidation sites excluding steroid dienone is 1. The second kappa shape index (κ2) is 5.00. The van der Waals surface area contributed by atoms with Gasteiger partial charge in [-0.05, 0) is 32.9 Å². The normalized spacial score (nSPS) is 11.6. The fraction of sp³-hybridized carbons (Fsp3) is 0.308. The van der Waals surface area contributed by atoms with Crippen LogP contribution in [-0.2, 0) is 4.79 Å². The van der Waals surface area contributed by atoms with Gasteiger partial charge < -0.3 is 9.72 Å². The predicted molar refractivity (Wildman–Crippen MR) is 69.4 cm³/mol. The van der Waals surface area contributed by atoms with Crippen molar-refractivity contribution < 1.29 is 9.53 Å². The summed E-state index contributed by atoms with van der Waals surface area (Å²) < 4.78 is 5.64. The summed E-state index contributed by atoms with van der Waals surface area (Å²) in [5.41, 5.74) is 1.54. The van der Waals surface area contributed by atoms with E-state index < -0.39 is 0 Å². The zero-order chi connectivity index (χ0) is 13.1. The Bertz CT molecular complexity index is 599. The minimum absolute atomic E-state index is 0.00692. The Morgan fingerprint density at radius 1 is 1.44 bits per heavy atom. The Morgan fingerprint density at radius 2 is 2.22 bits per heavy atom. The number of carbonyl (C=O) groups is 1. The summed E-state index contributed by atoms with van der Waals surface area (Å²) in [6.07, 6.45) is 6.51. The van der Waals surface area contributed by atoms with Crippen molar-refractivity contribution in [1.29, 1.82) is 0 Å². The number of nitrogens with zero attached hydrogens (tertiary/aromatic N) is 2. The number of nitrogens with one attached hydrogen (secondary N) is 1. The van der Waals surface area contributed by atoms with Gasteiger partial charge in [0, 0.05) is 11.8 Å². The van der Waals surface area contributed by atoms with Gasteiger partial charge in [-0.2, -0.15) is 0 Å². The maximum atomic E-state index is 11.0. The third-order valence-corrected chi connectivity index (χ3v) is 2.31. The number of fused-ring (bicyclic) bond motifs is 1. The molecule has 94 valence electrons. The van der Waals surface area contributed by atoms with Crippen LogP contribution in [0, 0.1) is 0 Å². The van der Waals surface area contributed by atoms with Crippen LogP contribution in [0.15, 0.2) is 18.6 Å². The van der Waals surface area contributed by atoms with Crippen LogP contribution in [0.2, 0.25) is 0 Å². The van der Waals surface area contributed by atoms with Crippen molar-refractivity contribution in [2.24, 2.45) is 0 Å². The molecule has 0 amide bonds. The van der Waals surface area contributed by atoms with Crippen molar-refractivity contribution >= 4 is 22.9 Å². The third-order valence-electron chi connectivity index (χ3n) is 2.31. The SMILES string of the molecule is CC(=O)/C=C/c1c[nH]c2ncnc(OC(C)C)c12. The highest BCUT2D eigenvalue weighted by Crippen LogP contribution is 2.26. The molecule has 0 fully saturated rings. The van der Waals surface area contributed by atoms with Gasteiger partial charge in [-0.15, -0.1) is 0 Å². The van der Waals surface area contributed by atoms with Crippen LogP contribution >= 0.6 is 0 Å². The molecule has 2 aromatic rings. The summed E-state index contributed by atoms with van der Waals surface area (Å²) in [6.45, 7) is 5.38. The van der Waals surface area contributed by atoms with Crippen LogP contribution in [0.5, 0.6) is 5.88 Å². The quantitative estimate of drug-likeness (QED) is 0.839. The lowest BCUT2D eigenvalue weighted by Crippen LogP contribution is -2.07. The van der Waals surface area contributed by atoms with Crippen LogP contribution < -0.4 is 4.74 Å². The molecule has 5 heteroatoms. The average Bonchev–Trinajstić information content (AvgIpc) is 2.70. The van der Waals surface area contributed by atoms with E-state index >= 15 is 0 Å². The van der Waals surface area contributed by atoms with E-state index in [2.05, 4.69) is 15.0 Å². The first-order valence-corrected chi connectivity index (χ1v) is 5.75. The molecule has 0 spiro atoms. The second-order valence-corrected chi connectivity index (χ2v) is 4.26. The van der Waals surface area contributed by atoms with Gasteiger partial charge in [0.05, 0.1) is 11.5 Å². The lowest BCUT2D eigenvalue weighted by molar-refractivity contribution is -0.112. The van der Waals surface area contributed by atoms with Crippen molar-refractivity contribution in [1.82, 2.24) is 15.0 Å². The molecule has 0 saturated carbocycles. The van der Waals surface area contributed by atoms with E-state index in [0.717, 1.165) is 10.9 Å². The van der Waals surface area contributed by atoms with Gasteiger partial charge in [0.2, 0.25) is 5.88 Å². The number of ether oxygens (including phenoxy) is 1. The Hall–Kier alpha value is -2.17. The van der Waals surface area contributed by atoms with Gasteiger partial charge in [-0.25, -0.2) is 9.97 Å². The number of rotatable bonds is 4. The third kappa shape index (κ3) is 2.56. The van der Waals surface area contributed by atoms with E-state index in [-0.39, 0.29) is 11.9 Å². The largest absolute Gasteiger partial charge is 0.474 e. The number of aromatic nitrogens is 3. The molecule has 5 nitrogen and oxygen atoms in total. The number of ketones is 1. The molecule has 0 atom stereocenters. The van der Waals surface area contributed by atoms with Crippen molar-refractivity contribution in [3.05, 3.63) is 24.2 Å². The van der Waals surface area contributed by atoms with Crippen LogP contribution in [0.25, 0.3) is 17.1 Å². The zero-order valence-electron chi connectivity index (χ0n) is 10.6. The second-order valence-electron chi connectivity index (χ2n) is 4.26. The smallest absolute Gasteiger partial charge is 0.226 e. The highest BCUT2D eigenvalue weighted by Gasteiger charge is 2.11. The molecule has 0 aliphatic rings. The van der Waals surface area contributed by atoms with E-state index in [4.69, 9.17) is 4.74 Å². The maximum absolute atomic E-state index is 11.0. The summed E-state index contributed by atoms with van der Waals surface area (Å²) in [6, 6.07) is 0. The number of hydrogen-bond acceptors (Lipinski definition) is 4. The van der Waals surface area contributed by atoms with E-state index in [0.29, 0.717) is 11.5 Å². The van der Waals surface area contributed by atoms with Crippen LogP contribution in [0.1, 0.15) is 26.3 Å². The predicted octanol–water partition coefficient (Wildman–Crippen LogP) is 2.35. The summed E-state index contributed by atoms with van der Waals surface area (Å²) in [5, 5.41) is 0.795. The van der Waals surface area contributed by atoms with Gasteiger partial charge in [0.15, 0.2) is 5.78 Å². The molecule has 0 aliphatic heterocycles. The monoisotopic (exact) mass is 245 g/mol. The molecule has 0 bridgehead atoms. The lowest BCUT2D eigenvalue weighted by atomic mass is 10.2. The van der Waals surface area contributed by atoms with Crippen molar-refractivity contribution in [2.45, 2.75) is 26.9 Å². The summed E-state index contributed by atoms with van der Waals surface area (Å²) in [4.78, 5) is 22.3. The summed E-state index contributed by atoms with van der Waals surface area (Å²) in [5.74, 6) is 0.520. The van der Waals surface area contributed by atoms with Gasteiger partial charge in [-0.3, -0.25) is 4.79 Å². The van der Waals surface area contributed by atoms with E-state index in [1.807, 2.05) is 13.8 Å². The Labute approximate surface area is 105 Å². The van der Waals surface area contributed by atoms with Gasteiger partial charge in [0.25, 0.3) is 0 Å². The van der Waals surface area contributed by atoms with E-state index in [9.17, 15) is 4.79 Å². The first kappa shape index (κ1) is 12.3. The average molecular weight is 245 g/mol. The van der Waals surface area contributed by atoms with Gasteiger partial charge in [-0.1, -0.05) is 0 Å². The van der Waals surface area contributed by atoms with Gasteiger partial charge in [0.1, 0.15) is 12.0 Å². The van der Waals surface area contributed by atoms with Crippen molar-refractivity contribution in [3.8, 4) is 5.88 Å². The molecule has 0 saturated heterocycles. The minimum atomic E-state index is -0.00692. The van der Waals surface area contributed by atoms with E-state index in [1.165, 1.54) is 19.3 Å². The lowest BCUT2D eigenvalue weighted by Gasteiger charge is -2.09. The minimum Gasteiger partial charge on any atom is -0.474 e. The number of carbonyl (C=O) groups excluding carboxylic acids is 1. The Balaban J connectivity index is 2.51. The maximum Gasteiger partial charge on any atom is 0.226 e. The highest BCUT2D eigenvalue weighted by molar-refractivity contribution is 5.96. The molecule has 0 radical (unpaired) electrons. The molecule has 2 aromatic heterocycles. The fourth-order valence-corrected chi connectivity index (χ4v) is 1.61. The number of hydrogen-bond donors (Lipinski definition) is 1. The number of aromatic amines is 1. The molecular weight excluding hydrogens is 230 g/mol. The highest BCUT2D eigenvalue weighted by atomic mass is 16.5. The fourth-order valence-electron chi connectivity index (χ4n) is 1.61. The Kier molecular flexibility index (Phi) is 3.41. The first-order valence-electron chi connectivity index (χ1n) is 5.75. The molecular formula is C13H15N3O2. The zero-order valence-corrected chi connectivity index (χ0v) is 10.6. The molecule has 0 aromatic carbocycles. The van der Waals surface area contributed by atoms with Crippen LogP contribution in [-0.4, -0.2) is 26.8 Å². The summed E-state index contributed by atoms with van der Waals surface area (Å²) in [7, 11) is 0. The molecule has 18 heavy (non-hydrogen) atoms. The van der Waals surface area contributed by atoms with Crippen molar-refractivity contribution in [3.63, 3.8) is 0 Å². The van der Waals surface area contributed by atoms with Crippen molar-refractivity contribution in [2.75, 3.05) is 0 Å². The molecule has 2 heterocycles. The van der Waals surface area contributed by atoms with Crippen LogP contribution in [0.3, 0.4) is 0 Å². The Morgan fingerprint density at radius 3 is 2.89 bits per heavy atom. The number of H-pyrrole nitrogens is 1. The van der Waals surface area contributed by atoms with Gasteiger partial charge >= 0.3 is 0 Å². The molecule has 0 unspecified atom stereocenters. The topological polar surface area (TPSA) is 67.9 Å². The molecule has 0 aliphatic carbocycles. The summed E-state index contributed by atoms with van der Waals surface area (Å²) >= 11 is 0. The van der Waals surface area contributed by atoms with E-state index in [1.54, 1.807) is 12.3 Å². The standard InChI is InChI=1S/C13H15N3O2/c1-8(2)18-13-11-10(5-4-9(3)17)6-14-12(11)15-7-16-13/h4-8H,1-3H3,(H,14,15,16)/b5-4+. The molecule has 1 N–H and O–H groups in total. The first-order chi connectivity index (χ1) is 8.58.